The molecule has 0 amide bonds. The van der Waals surface area contributed by atoms with Crippen LogP contribution in [0.5, 0.6) is 11.5 Å². The molecule has 0 spiro atoms. The van der Waals surface area contributed by atoms with Crippen molar-refractivity contribution in [3.05, 3.63) is 46.2 Å². The highest BCUT2D eigenvalue weighted by Crippen LogP contribution is 2.28. The zero-order chi connectivity index (χ0) is 21.1. The fourth-order valence-electron chi connectivity index (χ4n) is 3.01. The van der Waals surface area contributed by atoms with E-state index in [-0.39, 0.29) is 0 Å². The first-order chi connectivity index (χ1) is 14.1. The van der Waals surface area contributed by atoms with Gasteiger partial charge in [-0.2, -0.15) is 0 Å². The molecule has 1 atom stereocenters. The maximum absolute atomic E-state index is 5.72. The van der Waals surface area contributed by atoms with Gasteiger partial charge in [-0.1, -0.05) is 12.1 Å². The Morgan fingerprint density at radius 2 is 1.86 bits per heavy atom. The molecule has 7 heteroatoms. The zero-order valence-corrected chi connectivity index (χ0v) is 19.0. The molecule has 1 aromatic carbocycles. The number of hydrogen-bond donors (Lipinski definition) is 2. The molecule has 0 fully saturated rings. The summed E-state index contributed by atoms with van der Waals surface area (Å²) in [6.45, 7) is 6.79. The second kappa shape index (κ2) is 12.3. The minimum atomic E-state index is 0.313. The molecule has 0 saturated carbocycles. The lowest BCUT2D eigenvalue weighted by Crippen LogP contribution is -2.42. The quantitative estimate of drug-likeness (QED) is 0.432. The Kier molecular flexibility index (Phi) is 9.80. The first-order valence-corrected chi connectivity index (χ1v) is 11.0. The van der Waals surface area contributed by atoms with Gasteiger partial charge < -0.3 is 25.0 Å². The van der Waals surface area contributed by atoms with Crippen molar-refractivity contribution in [2.24, 2.45) is 4.99 Å². The highest BCUT2D eigenvalue weighted by molar-refractivity contribution is 7.10. The summed E-state index contributed by atoms with van der Waals surface area (Å²) >= 11 is 1.78. The molecular formula is C22H34N4O2S. The van der Waals surface area contributed by atoms with Crippen molar-refractivity contribution in [1.82, 2.24) is 15.5 Å². The Morgan fingerprint density at radius 1 is 1.10 bits per heavy atom. The molecule has 0 saturated heterocycles. The van der Waals surface area contributed by atoms with Gasteiger partial charge in [0.15, 0.2) is 17.5 Å². The molecule has 2 rings (SSSR count). The summed E-state index contributed by atoms with van der Waals surface area (Å²) in [6, 6.07) is 10.7. The summed E-state index contributed by atoms with van der Waals surface area (Å²) in [5.74, 6) is 2.41. The average molecular weight is 419 g/mol. The molecule has 6 nitrogen and oxygen atoms in total. The SMILES string of the molecule is CCOc1ccc(CCNC(=NC)NCC(c2cccs2)N(C)C)cc1OCC. The molecule has 1 aromatic heterocycles. The molecule has 0 aliphatic heterocycles. The van der Waals surface area contributed by atoms with Gasteiger partial charge in [0.1, 0.15) is 0 Å². The van der Waals surface area contributed by atoms with Crippen molar-refractivity contribution in [1.29, 1.82) is 0 Å². The number of hydrogen-bond acceptors (Lipinski definition) is 5. The lowest BCUT2D eigenvalue weighted by atomic mass is 10.1. The van der Waals surface area contributed by atoms with Crippen LogP contribution in [0.1, 0.15) is 30.3 Å². The van der Waals surface area contributed by atoms with Crippen LogP contribution in [0.3, 0.4) is 0 Å². The van der Waals surface area contributed by atoms with Gasteiger partial charge in [-0.3, -0.25) is 4.99 Å². The number of likely N-dealkylation sites (N-methyl/N-ethyl adjacent to an activating group) is 1. The molecular weight excluding hydrogens is 384 g/mol. The van der Waals surface area contributed by atoms with E-state index in [9.17, 15) is 0 Å². The smallest absolute Gasteiger partial charge is 0.191 e. The fourth-order valence-corrected chi connectivity index (χ4v) is 3.93. The highest BCUT2D eigenvalue weighted by atomic mass is 32.1. The van der Waals surface area contributed by atoms with Gasteiger partial charge in [-0.15, -0.1) is 11.3 Å². The first-order valence-electron chi connectivity index (χ1n) is 10.1. The van der Waals surface area contributed by atoms with Crippen LogP contribution in [0.2, 0.25) is 0 Å². The molecule has 1 unspecified atom stereocenters. The summed E-state index contributed by atoms with van der Waals surface area (Å²) in [4.78, 5) is 7.92. The second-order valence-corrected chi connectivity index (χ2v) is 7.75. The van der Waals surface area contributed by atoms with Crippen molar-refractivity contribution in [3.8, 4) is 11.5 Å². The Labute approximate surface area is 178 Å². The van der Waals surface area contributed by atoms with Gasteiger partial charge in [-0.05, 0) is 63.5 Å². The van der Waals surface area contributed by atoms with E-state index in [0.29, 0.717) is 19.3 Å². The number of ether oxygens (including phenoxy) is 2. The number of nitrogens with one attached hydrogen (secondary N) is 2. The number of aliphatic imine (C=N–C) groups is 1. The predicted octanol–water partition coefficient (Wildman–Crippen LogP) is 3.56. The van der Waals surface area contributed by atoms with E-state index >= 15 is 0 Å². The van der Waals surface area contributed by atoms with Crippen molar-refractivity contribution in [2.45, 2.75) is 26.3 Å². The van der Waals surface area contributed by atoms with E-state index in [2.05, 4.69) is 64.3 Å². The van der Waals surface area contributed by atoms with Crippen molar-refractivity contribution < 1.29 is 9.47 Å². The van der Waals surface area contributed by atoms with Crippen LogP contribution in [0.25, 0.3) is 0 Å². The van der Waals surface area contributed by atoms with E-state index in [1.807, 2.05) is 19.9 Å². The average Bonchev–Trinajstić information content (AvgIpc) is 3.23. The van der Waals surface area contributed by atoms with Crippen LogP contribution >= 0.6 is 11.3 Å². The van der Waals surface area contributed by atoms with Gasteiger partial charge in [0.2, 0.25) is 0 Å². The number of benzene rings is 1. The minimum absolute atomic E-state index is 0.313. The van der Waals surface area contributed by atoms with E-state index in [1.54, 1.807) is 18.4 Å². The summed E-state index contributed by atoms with van der Waals surface area (Å²) in [7, 11) is 6.00. The summed E-state index contributed by atoms with van der Waals surface area (Å²) in [5, 5.41) is 8.96. The molecule has 160 valence electrons. The summed E-state index contributed by atoms with van der Waals surface area (Å²) < 4.78 is 11.4. The number of nitrogens with zero attached hydrogens (tertiary/aromatic N) is 2. The first kappa shape index (κ1) is 23.0. The molecule has 2 N–H and O–H groups in total. The van der Waals surface area contributed by atoms with Crippen LogP contribution < -0.4 is 20.1 Å². The summed E-state index contributed by atoms with van der Waals surface area (Å²) in [6.07, 6.45) is 0.870. The number of rotatable bonds is 11. The number of guanidine groups is 1. The molecule has 29 heavy (non-hydrogen) atoms. The van der Waals surface area contributed by atoms with Crippen molar-refractivity contribution in [2.75, 3.05) is 47.4 Å². The Bertz CT molecular complexity index is 747. The van der Waals surface area contributed by atoms with Crippen LogP contribution in [0.15, 0.2) is 40.7 Å². The van der Waals surface area contributed by atoms with E-state index in [4.69, 9.17) is 9.47 Å². The van der Waals surface area contributed by atoms with E-state index in [0.717, 1.165) is 37.0 Å². The van der Waals surface area contributed by atoms with E-state index < -0.39 is 0 Å². The molecule has 1 heterocycles. The van der Waals surface area contributed by atoms with Crippen LogP contribution in [0, 0.1) is 0 Å². The van der Waals surface area contributed by atoms with E-state index in [1.165, 1.54) is 10.4 Å². The highest BCUT2D eigenvalue weighted by Gasteiger charge is 2.15. The van der Waals surface area contributed by atoms with Crippen LogP contribution in [0.4, 0.5) is 0 Å². The normalized spacial score (nSPS) is 12.7. The standard InChI is InChI=1S/C22H34N4O2S/c1-6-27-19-11-10-17(15-20(19)28-7-2)12-13-24-22(23-3)25-16-18(26(4)5)21-9-8-14-29-21/h8-11,14-15,18H,6-7,12-13,16H2,1-5H3,(H2,23,24,25). The third-order valence-electron chi connectivity index (χ3n) is 4.50. The molecule has 0 bridgehead atoms. The van der Waals surface area contributed by atoms with Gasteiger partial charge in [0.25, 0.3) is 0 Å². The Morgan fingerprint density at radius 3 is 2.48 bits per heavy atom. The molecule has 0 aliphatic rings. The maximum Gasteiger partial charge on any atom is 0.191 e. The largest absolute Gasteiger partial charge is 0.490 e. The van der Waals surface area contributed by atoms with Crippen LogP contribution in [-0.2, 0) is 6.42 Å². The predicted molar refractivity (Wildman–Crippen MR) is 123 cm³/mol. The van der Waals surface area contributed by atoms with Crippen LogP contribution in [-0.4, -0.2) is 58.3 Å². The van der Waals surface area contributed by atoms with Gasteiger partial charge in [-0.25, -0.2) is 0 Å². The van der Waals surface area contributed by atoms with Crippen molar-refractivity contribution >= 4 is 17.3 Å². The topological polar surface area (TPSA) is 58.1 Å². The minimum Gasteiger partial charge on any atom is -0.490 e. The van der Waals surface area contributed by atoms with Gasteiger partial charge >= 0.3 is 0 Å². The Hall–Kier alpha value is -2.25. The zero-order valence-electron chi connectivity index (χ0n) is 18.2. The molecule has 0 radical (unpaired) electrons. The maximum atomic E-state index is 5.72. The van der Waals surface area contributed by atoms with Gasteiger partial charge in [0, 0.05) is 25.0 Å². The molecule has 0 aliphatic carbocycles. The lowest BCUT2D eigenvalue weighted by Gasteiger charge is -2.24. The fraction of sp³-hybridized carbons (Fsp3) is 0.500. The molecule has 2 aromatic rings. The van der Waals surface area contributed by atoms with Gasteiger partial charge in [0.05, 0.1) is 19.3 Å². The van der Waals surface area contributed by atoms with Crippen molar-refractivity contribution in [3.63, 3.8) is 0 Å². The number of thiophene rings is 1. The third-order valence-corrected chi connectivity index (χ3v) is 5.47. The lowest BCUT2D eigenvalue weighted by molar-refractivity contribution is 0.287. The Balaban J connectivity index is 1.87. The second-order valence-electron chi connectivity index (χ2n) is 6.77. The summed E-state index contributed by atoms with van der Waals surface area (Å²) in [5.41, 5.74) is 1.20. The monoisotopic (exact) mass is 418 g/mol. The third kappa shape index (κ3) is 7.25.